The highest BCUT2D eigenvalue weighted by Crippen LogP contribution is 2.49. The van der Waals surface area contributed by atoms with Crippen LogP contribution < -0.4 is 5.32 Å². The monoisotopic (exact) mass is 531 g/mol. The van der Waals surface area contributed by atoms with Crippen LogP contribution >= 0.6 is 0 Å². The van der Waals surface area contributed by atoms with E-state index in [9.17, 15) is 31.9 Å². The molecule has 2 aliphatic rings. The molecule has 6 nitrogen and oxygen atoms in total. The maximum atomic E-state index is 14.3. The van der Waals surface area contributed by atoms with Gasteiger partial charge in [0.25, 0.3) is 5.91 Å². The number of carbonyl (C=O) groups excluding carboxylic acids is 3. The third-order valence-electron chi connectivity index (χ3n) is 7.34. The van der Waals surface area contributed by atoms with E-state index in [2.05, 4.69) is 5.32 Å². The summed E-state index contributed by atoms with van der Waals surface area (Å²) in [6.45, 7) is 3.87. The highest BCUT2D eigenvalue weighted by Gasteiger charge is 2.50. The van der Waals surface area contributed by atoms with Crippen molar-refractivity contribution in [3.63, 3.8) is 0 Å². The number of alkyl halides is 3. The summed E-state index contributed by atoms with van der Waals surface area (Å²) in [7, 11) is 1.70. The first-order valence-corrected chi connectivity index (χ1v) is 12.4. The number of piperidine rings is 1. The summed E-state index contributed by atoms with van der Waals surface area (Å²) in [5, 5.41) is 2.44. The predicted molar refractivity (Wildman–Crippen MR) is 133 cm³/mol. The van der Waals surface area contributed by atoms with E-state index in [1.807, 2.05) is 36.5 Å². The highest BCUT2D eigenvalue weighted by molar-refractivity contribution is 6.02. The molecule has 2 heterocycles. The fourth-order valence-electron chi connectivity index (χ4n) is 5.19. The molecule has 0 saturated carbocycles. The Balaban J connectivity index is 1.50. The van der Waals surface area contributed by atoms with Gasteiger partial charge in [-0.05, 0) is 48.1 Å². The van der Waals surface area contributed by atoms with Gasteiger partial charge in [-0.1, -0.05) is 44.2 Å². The first-order chi connectivity index (χ1) is 17.8. The normalized spacial score (nSPS) is 18.1. The van der Waals surface area contributed by atoms with Crippen molar-refractivity contribution >= 4 is 23.3 Å². The lowest BCUT2D eigenvalue weighted by atomic mass is 9.71. The van der Waals surface area contributed by atoms with Crippen LogP contribution in [-0.4, -0.2) is 53.7 Å². The SMILES string of the molecule is CC(C)C(NC(=O)c1cc(C(F)(F)F)ccc1F)C(=O)N1CCC2(CC1)C(=O)N(C)C=C2c1ccccc1. The molecule has 0 bridgehead atoms. The summed E-state index contributed by atoms with van der Waals surface area (Å²) in [6.07, 6.45) is -2.16. The van der Waals surface area contributed by atoms with Gasteiger partial charge < -0.3 is 15.1 Å². The summed E-state index contributed by atoms with van der Waals surface area (Å²) in [5.41, 5.74) is -0.892. The van der Waals surface area contributed by atoms with Crippen molar-refractivity contribution in [2.45, 2.75) is 38.9 Å². The molecule has 0 aromatic heterocycles. The smallest absolute Gasteiger partial charge is 0.341 e. The molecular formula is C28H29F4N3O3. The van der Waals surface area contributed by atoms with E-state index >= 15 is 0 Å². The molecule has 1 fully saturated rings. The third-order valence-corrected chi connectivity index (χ3v) is 7.34. The molecule has 1 spiro atoms. The average Bonchev–Trinajstić information content (AvgIpc) is 3.12. The van der Waals surface area contributed by atoms with Crippen molar-refractivity contribution in [3.8, 4) is 0 Å². The molecule has 3 amide bonds. The Morgan fingerprint density at radius 1 is 1.03 bits per heavy atom. The number of benzene rings is 2. The summed E-state index contributed by atoms with van der Waals surface area (Å²) in [5.74, 6) is -3.11. The zero-order chi connectivity index (χ0) is 27.8. The van der Waals surface area contributed by atoms with Gasteiger partial charge in [-0.3, -0.25) is 14.4 Å². The second kappa shape index (κ2) is 10.2. The number of halogens is 4. The van der Waals surface area contributed by atoms with Crippen LogP contribution in [0.3, 0.4) is 0 Å². The van der Waals surface area contributed by atoms with Crippen molar-refractivity contribution < 1.29 is 31.9 Å². The molecule has 4 rings (SSSR count). The van der Waals surface area contributed by atoms with Gasteiger partial charge in [-0.2, -0.15) is 13.2 Å². The number of rotatable bonds is 5. The van der Waals surface area contributed by atoms with Gasteiger partial charge >= 0.3 is 6.18 Å². The number of likely N-dealkylation sites (tertiary alicyclic amines) is 1. The van der Waals surface area contributed by atoms with Gasteiger partial charge in [0.2, 0.25) is 11.8 Å². The largest absolute Gasteiger partial charge is 0.416 e. The molecular weight excluding hydrogens is 502 g/mol. The molecule has 0 radical (unpaired) electrons. The van der Waals surface area contributed by atoms with Gasteiger partial charge in [-0.15, -0.1) is 0 Å². The van der Waals surface area contributed by atoms with Crippen molar-refractivity contribution in [3.05, 3.63) is 77.2 Å². The third kappa shape index (κ3) is 5.04. The topological polar surface area (TPSA) is 69.7 Å². The Morgan fingerprint density at radius 3 is 2.24 bits per heavy atom. The van der Waals surface area contributed by atoms with E-state index in [0.29, 0.717) is 31.0 Å². The fraction of sp³-hybridized carbons (Fsp3) is 0.393. The van der Waals surface area contributed by atoms with E-state index in [0.717, 1.165) is 11.1 Å². The van der Waals surface area contributed by atoms with Gasteiger partial charge in [0.05, 0.1) is 16.5 Å². The van der Waals surface area contributed by atoms with Gasteiger partial charge in [0.1, 0.15) is 11.9 Å². The lowest BCUT2D eigenvalue weighted by molar-refractivity contribution is -0.142. The highest BCUT2D eigenvalue weighted by atomic mass is 19.4. The van der Waals surface area contributed by atoms with E-state index in [1.54, 1.807) is 30.7 Å². The fourth-order valence-corrected chi connectivity index (χ4v) is 5.19. The van der Waals surface area contributed by atoms with Crippen LogP contribution in [0.1, 0.15) is 48.2 Å². The standard InChI is InChI=1S/C28H29F4N3O3/c1-17(2)23(33-24(36)20-15-19(28(30,31)32)9-10-22(20)29)25(37)35-13-11-27(12-14-35)21(16-34(3)26(27)38)18-7-5-4-6-8-18/h4-10,15-17,23H,11-14H2,1-3H3,(H,33,36). The summed E-state index contributed by atoms with van der Waals surface area (Å²) in [4.78, 5) is 42.6. The van der Waals surface area contributed by atoms with E-state index < -0.39 is 52.3 Å². The molecule has 1 saturated heterocycles. The molecule has 1 atom stereocenters. The molecule has 38 heavy (non-hydrogen) atoms. The van der Waals surface area contributed by atoms with Crippen molar-refractivity contribution in [2.75, 3.05) is 20.1 Å². The Morgan fingerprint density at radius 2 is 1.66 bits per heavy atom. The number of hydrogen-bond donors (Lipinski definition) is 1. The first-order valence-electron chi connectivity index (χ1n) is 12.4. The van der Waals surface area contributed by atoms with Crippen LogP contribution in [0.2, 0.25) is 0 Å². The second-order valence-corrected chi connectivity index (χ2v) is 10.1. The molecule has 2 aromatic carbocycles. The molecule has 2 aromatic rings. The van der Waals surface area contributed by atoms with Crippen LogP contribution in [0.5, 0.6) is 0 Å². The van der Waals surface area contributed by atoms with Crippen LogP contribution in [-0.2, 0) is 15.8 Å². The number of hydrogen-bond acceptors (Lipinski definition) is 3. The molecule has 202 valence electrons. The van der Waals surface area contributed by atoms with Crippen LogP contribution in [0.15, 0.2) is 54.7 Å². The Kier molecular flexibility index (Phi) is 7.36. The summed E-state index contributed by atoms with van der Waals surface area (Å²) >= 11 is 0. The maximum absolute atomic E-state index is 14.3. The number of amides is 3. The lowest BCUT2D eigenvalue weighted by Gasteiger charge is -2.41. The summed E-state index contributed by atoms with van der Waals surface area (Å²) < 4.78 is 53.5. The van der Waals surface area contributed by atoms with Gasteiger partial charge in [0.15, 0.2) is 0 Å². The summed E-state index contributed by atoms with van der Waals surface area (Å²) in [6, 6.07) is 10.1. The zero-order valence-electron chi connectivity index (χ0n) is 21.3. The molecule has 0 aliphatic carbocycles. The van der Waals surface area contributed by atoms with Crippen LogP contribution in [0.25, 0.3) is 5.57 Å². The second-order valence-electron chi connectivity index (χ2n) is 10.1. The Labute approximate surface area is 218 Å². The van der Waals surface area contributed by atoms with Gasteiger partial charge in [0, 0.05) is 26.3 Å². The van der Waals surface area contributed by atoms with E-state index in [1.165, 1.54) is 0 Å². The first kappa shape index (κ1) is 27.3. The Bertz CT molecular complexity index is 1270. The molecule has 1 N–H and O–H groups in total. The quantitative estimate of drug-likeness (QED) is 0.568. The van der Waals surface area contributed by atoms with Crippen molar-refractivity contribution in [2.24, 2.45) is 11.3 Å². The molecule has 1 unspecified atom stereocenters. The maximum Gasteiger partial charge on any atom is 0.416 e. The average molecular weight is 532 g/mol. The lowest BCUT2D eigenvalue weighted by Crippen LogP contribution is -2.55. The zero-order valence-corrected chi connectivity index (χ0v) is 21.3. The number of nitrogens with zero attached hydrogens (tertiary/aromatic N) is 2. The van der Waals surface area contributed by atoms with Crippen LogP contribution in [0, 0.1) is 17.2 Å². The predicted octanol–water partition coefficient (Wildman–Crippen LogP) is 4.72. The minimum atomic E-state index is -4.75. The Hall–Kier alpha value is -3.69. The van der Waals surface area contributed by atoms with Crippen molar-refractivity contribution in [1.29, 1.82) is 0 Å². The number of nitrogens with one attached hydrogen (secondary N) is 1. The van der Waals surface area contributed by atoms with E-state index in [-0.39, 0.29) is 19.0 Å². The minimum absolute atomic E-state index is 0.0443. The van der Waals surface area contributed by atoms with Crippen LogP contribution in [0.4, 0.5) is 17.6 Å². The van der Waals surface area contributed by atoms with Crippen molar-refractivity contribution in [1.82, 2.24) is 15.1 Å². The molecule has 2 aliphatic heterocycles. The minimum Gasteiger partial charge on any atom is -0.341 e. The van der Waals surface area contributed by atoms with Gasteiger partial charge in [-0.25, -0.2) is 4.39 Å². The molecule has 10 heteroatoms. The van der Waals surface area contributed by atoms with E-state index in [4.69, 9.17) is 0 Å². The number of carbonyl (C=O) groups is 3.